The molecule has 11 heteroatoms. The van der Waals surface area contributed by atoms with Gasteiger partial charge < -0.3 is 21.1 Å². The number of piperidine rings is 1. The van der Waals surface area contributed by atoms with Gasteiger partial charge in [0.25, 0.3) is 0 Å². The molecule has 312 valence electrons. The number of phenols is 1. The van der Waals surface area contributed by atoms with E-state index >= 15 is 0 Å². The predicted molar refractivity (Wildman–Crippen MR) is 229 cm³/mol. The molecule has 2 aliphatic heterocycles. The van der Waals surface area contributed by atoms with Crippen LogP contribution < -0.4 is 11.1 Å². The highest BCUT2D eigenvalue weighted by Gasteiger charge is 2.32. The second-order valence-corrected chi connectivity index (χ2v) is 16.6. The average molecular weight is 787 g/mol. The van der Waals surface area contributed by atoms with E-state index in [0.29, 0.717) is 43.4 Å². The first kappa shape index (κ1) is 48.1. The molecule has 0 unspecified atom stereocenters. The second kappa shape index (κ2) is 27.5. The van der Waals surface area contributed by atoms with Gasteiger partial charge in [-0.15, -0.1) is 0 Å². The monoisotopic (exact) mass is 787 g/mol. The lowest BCUT2D eigenvalue weighted by atomic mass is 9.79. The van der Waals surface area contributed by atoms with Crippen molar-refractivity contribution in [2.24, 2.45) is 23.5 Å². The van der Waals surface area contributed by atoms with Crippen molar-refractivity contribution < 1.29 is 24.3 Å². The van der Waals surface area contributed by atoms with Crippen LogP contribution in [0.4, 0.5) is 0 Å². The number of primary amides is 1. The average Bonchev–Trinajstić information content (AvgIpc) is 3.69. The Morgan fingerprint density at radius 3 is 2.11 bits per heavy atom. The van der Waals surface area contributed by atoms with Crippen LogP contribution in [0.25, 0.3) is 10.9 Å². The number of rotatable bonds is 17. The number of hydrogen-bond donors (Lipinski definition) is 4. The predicted octanol–water partition coefficient (Wildman–Crippen LogP) is 8.19. The van der Waals surface area contributed by atoms with Gasteiger partial charge in [0.2, 0.25) is 29.2 Å². The molecule has 1 aliphatic carbocycles. The Morgan fingerprint density at radius 1 is 0.909 bits per heavy atom. The molecular formula is C44H76N5O5S+. The van der Waals surface area contributed by atoms with Crippen LogP contribution in [0.15, 0.2) is 17.2 Å². The van der Waals surface area contributed by atoms with Crippen molar-refractivity contribution in [3.05, 3.63) is 23.3 Å². The Kier molecular flexibility index (Phi) is 24.1. The molecule has 4 amide bonds. The molecule has 5 N–H and O–H groups in total. The standard InChI is InChI=1S/C38H58N4O4S.C3H8.C2H6.CH3NO/c1-3-8-31-30-15-16-33(43)32(37(30)40-38(31)47-4-2)26-41-23-20-28(21-24-41)19-22-39-34(44)10-7-5-6-9-27-11-13-29(14-12-27)25-42-35(45)17-18-36(42)46;1-3-2;1-2;2-1-3/h15-16,27-29,40,43H,3-14,17-26H2,1-2H3,(H,39,44);3H2,1-2H3;1-2H3;1H,(H2,2,3)/p+1. The zero-order valence-electron chi connectivity index (χ0n) is 35.2. The molecule has 3 aliphatic rings. The summed E-state index contributed by atoms with van der Waals surface area (Å²) >= 11 is 1.32. The number of nitrogens with two attached hydrogens (primary N) is 1. The lowest BCUT2D eigenvalue weighted by Gasteiger charge is -2.32. The number of nitrogens with zero attached hydrogens (tertiary/aromatic N) is 2. The molecule has 0 bridgehead atoms. The number of hydrogen-bond acceptors (Lipinski definition) is 6. The maximum Gasteiger partial charge on any atom is 0.229 e. The molecule has 3 fully saturated rings. The topological polar surface area (TPSA) is 149 Å². The lowest BCUT2D eigenvalue weighted by Crippen LogP contribution is -2.35. The van der Waals surface area contributed by atoms with Gasteiger partial charge in [-0.3, -0.25) is 29.0 Å². The van der Waals surface area contributed by atoms with Crippen molar-refractivity contribution in [3.8, 4) is 5.75 Å². The molecule has 2 aromatic rings. The van der Waals surface area contributed by atoms with Crippen LogP contribution in [0.3, 0.4) is 0 Å². The minimum absolute atomic E-state index is 0.0169. The summed E-state index contributed by atoms with van der Waals surface area (Å²) in [5.41, 5.74) is 7.72. The number of carbonyl (C=O) groups is 4. The SMILES string of the molecule is CC.CCC.CCCc1c([SH+]CC)[nH]c2c(CN3CCC(CCNC(=O)CCCCCC4CCC(CN5C(=O)CCC5=O)CC4)CC3)c(O)ccc12.NC=O. The summed E-state index contributed by atoms with van der Waals surface area (Å²) < 4.78 is 0. The van der Waals surface area contributed by atoms with Gasteiger partial charge in [0.15, 0.2) is 0 Å². The number of phenolic OH excluding ortho intramolecular Hbond substituents is 1. The summed E-state index contributed by atoms with van der Waals surface area (Å²) in [7, 11) is 0. The van der Waals surface area contributed by atoms with Gasteiger partial charge in [-0.2, -0.15) is 0 Å². The van der Waals surface area contributed by atoms with Gasteiger partial charge in [-0.05, 0) is 94.8 Å². The van der Waals surface area contributed by atoms with E-state index in [1.165, 1.54) is 64.7 Å². The van der Waals surface area contributed by atoms with Gasteiger partial charge in [-0.1, -0.05) is 79.6 Å². The van der Waals surface area contributed by atoms with E-state index in [4.69, 9.17) is 4.79 Å². The van der Waals surface area contributed by atoms with Crippen LogP contribution in [-0.2, 0) is 43.9 Å². The number of aryl methyl sites for hydroxylation is 1. The molecule has 0 atom stereocenters. The normalized spacial score (nSPS) is 18.8. The number of H-pyrrole nitrogens is 1. The summed E-state index contributed by atoms with van der Waals surface area (Å²) in [4.78, 5) is 52.5. The van der Waals surface area contributed by atoms with Crippen molar-refractivity contribution in [1.82, 2.24) is 20.1 Å². The smallest absolute Gasteiger partial charge is 0.229 e. The zero-order chi connectivity index (χ0) is 40.6. The first-order valence-electron chi connectivity index (χ1n) is 21.7. The van der Waals surface area contributed by atoms with Crippen molar-refractivity contribution in [1.29, 1.82) is 0 Å². The highest BCUT2D eigenvalue weighted by atomic mass is 32.2. The third kappa shape index (κ3) is 16.1. The molecule has 0 spiro atoms. The number of unbranched alkanes of at least 4 members (excludes halogenated alkanes) is 2. The molecule has 1 aromatic heterocycles. The molecule has 3 heterocycles. The summed E-state index contributed by atoms with van der Waals surface area (Å²) in [5, 5.41) is 16.6. The van der Waals surface area contributed by atoms with Crippen molar-refractivity contribution in [3.63, 3.8) is 0 Å². The fourth-order valence-electron chi connectivity index (χ4n) is 8.15. The third-order valence-corrected chi connectivity index (χ3v) is 12.0. The first-order valence-corrected chi connectivity index (χ1v) is 22.8. The Morgan fingerprint density at radius 2 is 1.51 bits per heavy atom. The van der Waals surface area contributed by atoms with Crippen LogP contribution in [0.2, 0.25) is 0 Å². The van der Waals surface area contributed by atoms with Crippen LogP contribution in [0.5, 0.6) is 5.75 Å². The fourth-order valence-corrected chi connectivity index (χ4v) is 9.08. The van der Waals surface area contributed by atoms with Crippen LogP contribution >= 0.6 is 0 Å². The van der Waals surface area contributed by atoms with Gasteiger partial charge >= 0.3 is 0 Å². The number of carbonyl (C=O) groups excluding carboxylic acids is 4. The zero-order valence-corrected chi connectivity index (χ0v) is 36.1. The quantitative estimate of drug-likeness (QED) is 0.0418. The number of aromatic hydroxyl groups is 1. The number of likely N-dealkylation sites (tertiary alicyclic amines) is 2. The molecule has 1 aromatic carbocycles. The first-order chi connectivity index (χ1) is 26.7. The van der Waals surface area contributed by atoms with Gasteiger partial charge in [0.1, 0.15) is 11.5 Å². The molecule has 55 heavy (non-hydrogen) atoms. The van der Waals surface area contributed by atoms with Crippen molar-refractivity contribution in [2.45, 2.75) is 162 Å². The van der Waals surface area contributed by atoms with E-state index in [2.05, 4.69) is 54.7 Å². The minimum Gasteiger partial charge on any atom is -0.508 e. The summed E-state index contributed by atoms with van der Waals surface area (Å²) in [5.74, 6) is 3.56. The number of imide groups is 1. The molecule has 10 nitrogen and oxygen atoms in total. The van der Waals surface area contributed by atoms with Gasteiger partial charge in [-0.25, -0.2) is 0 Å². The molecule has 1 saturated carbocycles. The number of benzene rings is 1. The van der Waals surface area contributed by atoms with Crippen LogP contribution in [0, 0.1) is 17.8 Å². The Balaban J connectivity index is 0.00000121. The summed E-state index contributed by atoms with van der Waals surface area (Å²) in [6.07, 6.45) is 17.5. The van der Waals surface area contributed by atoms with Crippen LogP contribution in [-0.4, -0.2) is 76.0 Å². The third-order valence-electron chi connectivity index (χ3n) is 11.0. The van der Waals surface area contributed by atoms with E-state index in [1.54, 1.807) is 0 Å². The van der Waals surface area contributed by atoms with Crippen LogP contribution in [0.1, 0.15) is 155 Å². The van der Waals surface area contributed by atoms with E-state index in [1.807, 2.05) is 19.9 Å². The van der Waals surface area contributed by atoms with Gasteiger partial charge in [0.05, 0.1) is 5.52 Å². The minimum atomic E-state index is 0.0169. The van der Waals surface area contributed by atoms with E-state index in [9.17, 15) is 19.5 Å². The molecular weight excluding hydrogens is 711 g/mol. The van der Waals surface area contributed by atoms with Crippen molar-refractivity contribution >= 4 is 46.8 Å². The lowest BCUT2D eigenvalue weighted by molar-refractivity contribution is -0.139. The molecule has 2 saturated heterocycles. The van der Waals surface area contributed by atoms with E-state index in [0.717, 1.165) is 107 Å². The second-order valence-electron chi connectivity index (χ2n) is 15.2. The number of amides is 4. The maximum absolute atomic E-state index is 12.5. The maximum atomic E-state index is 12.5. The number of nitrogens with one attached hydrogen (secondary N) is 2. The summed E-state index contributed by atoms with van der Waals surface area (Å²) in [6.45, 7) is 16.9. The number of thiol groups is 1. The molecule has 0 radical (unpaired) electrons. The Hall–Kier alpha value is -3.05. The highest BCUT2D eigenvalue weighted by molar-refractivity contribution is 7.78. The number of fused-ring (bicyclic) bond motifs is 1. The van der Waals surface area contributed by atoms with Gasteiger partial charge in [0, 0.05) is 67.2 Å². The van der Waals surface area contributed by atoms with Crippen molar-refractivity contribution in [2.75, 3.05) is 31.9 Å². The summed E-state index contributed by atoms with van der Waals surface area (Å²) in [6, 6.07) is 3.97. The Labute approximate surface area is 336 Å². The van der Waals surface area contributed by atoms with E-state index in [-0.39, 0.29) is 24.1 Å². The van der Waals surface area contributed by atoms with E-state index < -0.39 is 0 Å². The largest absolute Gasteiger partial charge is 0.508 e. The number of aromatic nitrogens is 1. The molecule has 5 rings (SSSR count). The highest BCUT2D eigenvalue weighted by Crippen LogP contribution is 2.35. The number of aromatic amines is 1. The Bertz CT molecular complexity index is 1400. The fraction of sp³-hybridized carbons (Fsp3) is 0.727.